The fourth-order valence-electron chi connectivity index (χ4n) is 3.84. The summed E-state index contributed by atoms with van der Waals surface area (Å²) in [5, 5.41) is 9.84. The van der Waals surface area contributed by atoms with E-state index in [1.165, 1.54) is 31.4 Å². The first-order valence-corrected chi connectivity index (χ1v) is 11.8. The lowest BCUT2D eigenvalue weighted by Gasteiger charge is -2.24. The zero-order chi connectivity index (χ0) is 22.4. The molecule has 166 valence electrons. The summed E-state index contributed by atoms with van der Waals surface area (Å²) in [4.78, 5) is 13.2. The number of benzene rings is 2. The quantitative estimate of drug-likeness (QED) is 0.568. The van der Waals surface area contributed by atoms with Crippen molar-refractivity contribution < 1.29 is 23.1 Å². The van der Waals surface area contributed by atoms with Gasteiger partial charge < -0.3 is 9.84 Å². The van der Waals surface area contributed by atoms with Gasteiger partial charge in [-0.2, -0.15) is 0 Å². The van der Waals surface area contributed by atoms with Gasteiger partial charge in [0.1, 0.15) is 5.75 Å². The monoisotopic (exact) mass is 444 g/mol. The number of nitrogens with one attached hydrogen (secondary N) is 1. The molecule has 1 fully saturated rings. The van der Waals surface area contributed by atoms with Crippen LogP contribution in [0.1, 0.15) is 37.7 Å². The molecule has 1 amide bonds. The largest absolute Gasteiger partial charge is 0.495 e. The van der Waals surface area contributed by atoms with Gasteiger partial charge in [-0.05, 0) is 61.2 Å². The minimum absolute atomic E-state index is 0.0488. The highest BCUT2D eigenvalue weighted by atomic mass is 32.2. The van der Waals surface area contributed by atoms with E-state index in [0.29, 0.717) is 23.5 Å². The summed E-state index contributed by atoms with van der Waals surface area (Å²) < 4.78 is 33.6. The lowest BCUT2D eigenvalue weighted by molar-refractivity contribution is 0.204. The highest BCUT2D eigenvalue weighted by molar-refractivity contribution is 7.89. The molecule has 2 aromatic rings. The molecule has 1 aliphatic carbocycles. The van der Waals surface area contributed by atoms with Crippen LogP contribution in [0.25, 0.3) is 0 Å². The Morgan fingerprint density at radius 2 is 1.87 bits per heavy atom. The van der Waals surface area contributed by atoms with Crippen LogP contribution in [-0.4, -0.2) is 32.8 Å². The first-order chi connectivity index (χ1) is 14.9. The van der Waals surface area contributed by atoms with Crippen molar-refractivity contribution in [2.75, 3.05) is 12.0 Å². The second-order valence-electron chi connectivity index (χ2n) is 7.57. The first kappa shape index (κ1) is 22.8. The average Bonchev–Trinajstić information content (AvgIpc) is 2.75. The highest BCUT2D eigenvalue weighted by Gasteiger charge is 2.24. The van der Waals surface area contributed by atoms with Crippen molar-refractivity contribution in [3.8, 4) is 5.75 Å². The average molecular weight is 445 g/mol. The molecule has 2 N–H and O–H groups in total. The van der Waals surface area contributed by atoms with E-state index >= 15 is 0 Å². The number of ether oxygens (including phenoxy) is 1. The number of carboxylic acid groups (broad SMARTS) is 1. The molecule has 0 heterocycles. The summed E-state index contributed by atoms with van der Waals surface area (Å²) in [6.45, 7) is 3.71. The van der Waals surface area contributed by atoms with Crippen molar-refractivity contribution in [1.29, 1.82) is 0 Å². The van der Waals surface area contributed by atoms with Crippen molar-refractivity contribution in [1.82, 2.24) is 4.72 Å². The lowest BCUT2D eigenvalue weighted by Crippen LogP contribution is -2.36. The number of hydrogen-bond acceptors (Lipinski definition) is 4. The van der Waals surface area contributed by atoms with E-state index in [4.69, 9.17) is 4.74 Å². The molecule has 0 bridgehead atoms. The molecule has 0 radical (unpaired) electrons. The molecule has 3 rings (SSSR count). The second kappa shape index (κ2) is 9.98. The zero-order valence-corrected chi connectivity index (χ0v) is 18.4. The highest BCUT2D eigenvalue weighted by Crippen LogP contribution is 2.35. The Bertz CT molecular complexity index is 1030. The van der Waals surface area contributed by atoms with Gasteiger partial charge in [0.15, 0.2) is 0 Å². The van der Waals surface area contributed by atoms with Gasteiger partial charge in [-0.15, -0.1) is 6.58 Å². The topological polar surface area (TPSA) is 95.9 Å². The van der Waals surface area contributed by atoms with Crippen molar-refractivity contribution in [2.45, 2.75) is 49.5 Å². The lowest BCUT2D eigenvalue weighted by atomic mass is 9.96. The summed E-state index contributed by atoms with van der Waals surface area (Å²) in [5.74, 6) is 0.400. The van der Waals surface area contributed by atoms with Gasteiger partial charge >= 0.3 is 6.09 Å². The fraction of sp³-hybridized carbons (Fsp3) is 0.348. The molecule has 0 aliphatic heterocycles. The summed E-state index contributed by atoms with van der Waals surface area (Å²) in [6, 6.07) is 11.0. The number of hydrogen-bond donors (Lipinski definition) is 2. The van der Waals surface area contributed by atoms with Gasteiger partial charge in [-0.1, -0.05) is 31.4 Å². The number of anilines is 2. The maximum Gasteiger partial charge on any atom is 0.416 e. The smallest absolute Gasteiger partial charge is 0.416 e. The minimum Gasteiger partial charge on any atom is -0.495 e. The molecule has 0 atom stereocenters. The Hall–Kier alpha value is -2.84. The van der Waals surface area contributed by atoms with E-state index in [0.717, 1.165) is 42.6 Å². The number of nitrogens with zero attached hydrogens (tertiary/aromatic N) is 1. The summed E-state index contributed by atoms with van der Waals surface area (Å²) >= 11 is 0. The van der Waals surface area contributed by atoms with Crippen LogP contribution in [0.2, 0.25) is 0 Å². The molecule has 2 aromatic carbocycles. The van der Waals surface area contributed by atoms with Crippen LogP contribution in [-0.2, 0) is 16.4 Å². The molecule has 0 spiro atoms. The van der Waals surface area contributed by atoms with Crippen LogP contribution < -0.4 is 14.4 Å². The van der Waals surface area contributed by atoms with Crippen LogP contribution >= 0.6 is 0 Å². The number of rotatable bonds is 8. The Kier molecular flexibility index (Phi) is 7.35. The van der Waals surface area contributed by atoms with Crippen LogP contribution in [0.15, 0.2) is 60.0 Å². The molecule has 0 saturated heterocycles. The normalized spacial score (nSPS) is 14.7. The van der Waals surface area contributed by atoms with Crippen molar-refractivity contribution >= 4 is 27.5 Å². The summed E-state index contributed by atoms with van der Waals surface area (Å²) in [5.41, 5.74) is 1.61. The Morgan fingerprint density at radius 3 is 2.45 bits per heavy atom. The Morgan fingerprint density at radius 1 is 1.19 bits per heavy atom. The summed E-state index contributed by atoms with van der Waals surface area (Å²) in [7, 11) is -2.19. The Labute approximate surface area is 183 Å². The predicted molar refractivity (Wildman–Crippen MR) is 121 cm³/mol. The van der Waals surface area contributed by atoms with Gasteiger partial charge in [0.2, 0.25) is 10.0 Å². The fourth-order valence-corrected chi connectivity index (χ4v) is 5.14. The maximum absolute atomic E-state index is 12.7. The third-order valence-electron chi connectivity index (χ3n) is 5.39. The van der Waals surface area contributed by atoms with Gasteiger partial charge in [-0.25, -0.2) is 22.8 Å². The molecule has 1 saturated carbocycles. The van der Waals surface area contributed by atoms with Crippen molar-refractivity contribution in [3.05, 3.63) is 60.7 Å². The summed E-state index contributed by atoms with van der Waals surface area (Å²) in [6.07, 6.45) is 6.03. The van der Waals surface area contributed by atoms with Crippen LogP contribution in [0, 0.1) is 0 Å². The number of amides is 1. The van der Waals surface area contributed by atoms with E-state index in [1.807, 2.05) is 6.07 Å². The van der Waals surface area contributed by atoms with Crippen LogP contribution in [0.5, 0.6) is 5.75 Å². The SMILES string of the molecule is C=CCc1ccc(N(C(=O)O)c2ccc(S(=O)(=O)NC3CCCCC3)cc2)c(OC)c1. The Balaban J connectivity index is 1.88. The van der Waals surface area contributed by atoms with E-state index < -0.39 is 16.1 Å². The standard InChI is InChI=1S/C23H28N2O5S/c1-3-7-17-10-15-21(22(16-17)30-2)25(23(26)27)19-11-13-20(14-12-19)31(28,29)24-18-8-5-4-6-9-18/h3,10-16,18,24H,1,4-9H2,2H3,(H,26,27). The van der Waals surface area contributed by atoms with Crippen molar-refractivity contribution in [3.63, 3.8) is 0 Å². The van der Waals surface area contributed by atoms with E-state index in [9.17, 15) is 18.3 Å². The van der Waals surface area contributed by atoms with Crippen molar-refractivity contribution in [2.24, 2.45) is 0 Å². The molecule has 1 aliphatic rings. The third-order valence-corrected chi connectivity index (χ3v) is 6.92. The zero-order valence-electron chi connectivity index (χ0n) is 17.6. The molecular formula is C23H28N2O5S. The maximum atomic E-state index is 12.7. The minimum atomic E-state index is -3.66. The third kappa shape index (κ3) is 5.45. The molecular weight excluding hydrogens is 416 g/mol. The molecule has 31 heavy (non-hydrogen) atoms. The predicted octanol–water partition coefficient (Wildman–Crippen LogP) is 4.85. The van der Waals surface area contributed by atoms with E-state index in [1.54, 1.807) is 18.2 Å². The van der Waals surface area contributed by atoms with Gasteiger partial charge in [-0.3, -0.25) is 0 Å². The molecule has 0 unspecified atom stereocenters. The molecule has 0 aromatic heterocycles. The van der Waals surface area contributed by atoms with Gasteiger partial charge in [0.25, 0.3) is 0 Å². The van der Waals surface area contributed by atoms with E-state index in [2.05, 4.69) is 11.3 Å². The number of carbonyl (C=O) groups is 1. The number of sulfonamides is 1. The first-order valence-electron chi connectivity index (χ1n) is 10.3. The molecule has 7 nitrogen and oxygen atoms in total. The van der Waals surface area contributed by atoms with Gasteiger partial charge in [0.05, 0.1) is 23.4 Å². The van der Waals surface area contributed by atoms with Crippen LogP contribution in [0.3, 0.4) is 0 Å². The van der Waals surface area contributed by atoms with Crippen LogP contribution in [0.4, 0.5) is 16.2 Å². The number of methoxy groups -OCH3 is 1. The second-order valence-corrected chi connectivity index (χ2v) is 9.28. The van der Waals surface area contributed by atoms with E-state index in [-0.39, 0.29) is 10.9 Å². The number of allylic oxidation sites excluding steroid dienone is 1. The molecule has 8 heteroatoms. The van der Waals surface area contributed by atoms with Gasteiger partial charge in [0, 0.05) is 6.04 Å².